The summed E-state index contributed by atoms with van der Waals surface area (Å²) in [5, 5.41) is 11.3. The van der Waals surface area contributed by atoms with E-state index in [1.807, 2.05) is 0 Å². The van der Waals surface area contributed by atoms with Gasteiger partial charge in [0.05, 0.1) is 10.6 Å². The molecule has 2 N–H and O–H groups in total. The highest BCUT2D eigenvalue weighted by atomic mass is 35.5. The van der Waals surface area contributed by atoms with Crippen molar-refractivity contribution >= 4 is 39.9 Å². The van der Waals surface area contributed by atoms with Crippen LogP contribution < -0.4 is 5.32 Å². The summed E-state index contributed by atoms with van der Waals surface area (Å²) >= 11 is 6.19. The minimum atomic E-state index is -4.62. The number of halogens is 4. The van der Waals surface area contributed by atoms with Gasteiger partial charge in [0.25, 0.3) is 0 Å². The molecule has 0 amide bonds. The first-order valence-corrected chi connectivity index (χ1v) is 6.13. The molecule has 0 saturated heterocycles. The quantitative estimate of drug-likeness (QED) is 0.901. The summed E-state index contributed by atoms with van der Waals surface area (Å²) in [6, 6.07) is 3.93. The number of alkyl halides is 3. The lowest BCUT2D eigenvalue weighted by molar-refractivity contribution is -0.144. The van der Waals surface area contributed by atoms with Crippen molar-refractivity contribution < 1.29 is 23.1 Å². The summed E-state index contributed by atoms with van der Waals surface area (Å²) in [6.45, 7) is 0. The van der Waals surface area contributed by atoms with Gasteiger partial charge >= 0.3 is 12.1 Å². The second-order valence-electron chi connectivity index (χ2n) is 3.55. The van der Waals surface area contributed by atoms with E-state index in [1.165, 1.54) is 18.2 Å². The molecule has 0 radical (unpaired) electrons. The molecule has 0 aliphatic carbocycles. The predicted molar refractivity (Wildman–Crippen MR) is 66.6 cm³/mol. The van der Waals surface area contributed by atoms with E-state index in [0.29, 0.717) is 11.5 Å². The van der Waals surface area contributed by atoms with Gasteiger partial charge in [-0.2, -0.15) is 22.5 Å². The van der Waals surface area contributed by atoms with E-state index in [-0.39, 0.29) is 21.4 Å². The van der Waals surface area contributed by atoms with Crippen molar-refractivity contribution in [3.05, 3.63) is 34.6 Å². The van der Waals surface area contributed by atoms with Gasteiger partial charge in [-0.25, -0.2) is 4.79 Å². The number of carboxylic acid groups (broad SMARTS) is 1. The number of anilines is 2. The Labute approximate surface area is 119 Å². The Balaban J connectivity index is 2.24. The molecule has 0 saturated carbocycles. The van der Waals surface area contributed by atoms with Gasteiger partial charge in [0, 0.05) is 17.2 Å². The second-order valence-corrected chi connectivity index (χ2v) is 4.70. The maximum atomic E-state index is 12.3. The van der Waals surface area contributed by atoms with Crippen LogP contribution in [0.15, 0.2) is 18.2 Å². The summed E-state index contributed by atoms with van der Waals surface area (Å²) in [4.78, 5) is 14.1. The lowest BCUT2D eigenvalue weighted by Gasteiger charge is -2.05. The number of hydrogen-bond acceptors (Lipinski definition) is 5. The number of nitrogens with one attached hydrogen (secondary N) is 1. The lowest BCUT2D eigenvalue weighted by atomic mass is 10.2. The van der Waals surface area contributed by atoms with E-state index in [4.69, 9.17) is 16.7 Å². The Morgan fingerprint density at radius 2 is 2.10 bits per heavy atom. The number of aromatic carboxylic acids is 1. The van der Waals surface area contributed by atoms with Crippen LogP contribution in [0.1, 0.15) is 16.2 Å². The van der Waals surface area contributed by atoms with Crippen molar-refractivity contribution in [1.82, 2.24) is 9.36 Å². The molecule has 1 aromatic heterocycles. The van der Waals surface area contributed by atoms with Crippen LogP contribution >= 0.6 is 23.1 Å². The predicted octanol–water partition coefficient (Wildman–Crippen LogP) is 3.65. The molecule has 10 heteroatoms. The molecule has 0 aliphatic heterocycles. The lowest BCUT2D eigenvalue weighted by Crippen LogP contribution is -2.07. The Morgan fingerprint density at radius 3 is 2.65 bits per heavy atom. The Bertz CT molecular complexity index is 659. The molecule has 0 unspecified atom stereocenters. The zero-order chi connectivity index (χ0) is 14.9. The number of aromatic nitrogens is 2. The standard InChI is InChI=1S/C10H5ClF3N3O2S/c11-6-2-1-4(3-5(6)7(18)19)15-9-16-8(17-20-9)10(12,13)14/h1-3H,(H,18,19)(H,15,16,17). The summed E-state index contributed by atoms with van der Waals surface area (Å²) in [5.41, 5.74) is 0.0777. The molecular weight excluding hydrogens is 319 g/mol. The van der Waals surface area contributed by atoms with Crippen LogP contribution in [0.5, 0.6) is 0 Å². The van der Waals surface area contributed by atoms with Crippen molar-refractivity contribution in [2.75, 3.05) is 5.32 Å². The molecule has 0 aliphatic rings. The van der Waals surface area contributed by atoms with Crippen LogP contribution in [0.4, 0.5) is 24.0 Å². The number of benzene rings is 1. The first-order valence-electron chi connectivity index (χ1n) is 4.98. The van der Waals surface area contributed by atoms with Crippen LogP contribution in [0.25, 0.3) is 0 Å². The molecule has 0 bridgehead atoms. The first-order chi connectivity index (χ1) is 9.27. The van der Waals surface area contributed by atoms with Crippen molar-refractivity contribution in [1.29, 1.82) is 0 Å². The molecule has 0 spiro atoms. The molecule has 5 nitrogen and oxygen atoms in total. The summed E-state index contributed by atoms with van der Waals surface area (Å²) in [7, 11) is 0. The van der Waals surface area contributed by atoms with E-state index in [2.05, 4.69) is 14.7 Å². The summed E-state index contributed by atoms with van der Waals surface area (Å²) in [5.74, 6) is -2.50. The second kappa shape index (κ2) is 5.25. The number of nitrogens with zero attached hydrogens (tertiary/aromatic N) is 2. The number of rotatable bonds is 3. The van der Waals surface area contributed by atoms with E-state index in [9.17, 15) is 18.0 Å². The third-order valence-corrected chi connectivity index (χ3v) is 3.09. The van der Waals surface area contributed by atoms with Gasteiger partial charge in [0.2, 0.25) is 11.0 Å². The highest BCUT2D eigenvalue weighted by Gasteiger charge is 2.36. The fraction of sp³-hybridized carbons (Fsp3) is 0.100. The van der Waals surface area contributed by atoms with Gasteiger partial charge < -0.3 is 10.4 Å². The molecule has 1 aromatic carbocycles. The van der Waals surface area contributed by atoms with Gasteiger partial charge in [-0.3, -0.25) is 0 Å². The molecule has 20 heavy (non-hydrogen) atoms. The normalized spacial score (nSPS) is 11.4. The largest absolute Gasteiger partial charge is 0.478 e. The van der Waals surface area contributed by atoms with Gasteiger partial charge in [-0.1, -0.05) is 11.6 Å². The topological polar surface area (TPSA) is 75.1 Å². The number of hydrogen-bond donors (Lipinski definition) is 2. The van der Waals surface area contributed by atoms with Crippen molar-refractivity contribution in [3.63, 3.8) is 0 Å². The molecule has 0 atom stereocenters. The fourth-order valence-corrected chi connectivity index (χ4v) is 2.09. The first kappa shape index (κ1) is 14.5. The van der Waals surface area contributed by atoms with Crippen LogP contribution in [0.2, 0.25) is 5.02 Å². The molecule has 0 fully saturated rings. The minimum Gasteiger partial charge on any atom is -0.478 e. The highest BCUT2D eigenvalue weighted by molar-refractivity contribution is 7.09. The van der Waals surface area contributed by atoms with E-state index < -0.39 is 18.0 Å². The van der Waals surface area contributed by atoms with Gasteiger partial charge in [0.1, 0.15) is 0 Å². The third kappa shape index (κ3) is 3.17. The van der Waals surface area contributed by atoms with Crippen LogP contribution in [-0.4, -0.2) is 20.4 Å². The Kier molecular flexibility index (Phi) is 3.82. The zero-order valence-electron chi connectivity index (χ0n) is 9.40. The fourth-order valence-electron chi connectivity index (χ4n) is 1.28. The molecule has 2 rings (SSSR count). The molecule has 1 heterocycles. The monoisotopic (exact) mass is 323 g/mol. The van der Waals surface area contributed by atoms with Gasteiger partial charge in [-0.15, -0.1) is 0 Å². The van der Waals surface area contributed by atoms with Crippen LogP contribution in [0.3, 0.4) is 0 Å². The van der Waals surface area contributed by atoms with Gasteiger partial charge in [-0.05, 0) is 18.2 Å². The maximum Gasteiger partial charge on any atom is 0.452 e. The van der Waals surface area contributed by atoms with E-state index in [1.54, 1.807) is 0 Å². The SMILES string of the molecule is O=C(O)c1cc(Nc2nc(C(F)(F)F)ns2)ccc1Cl. The maximum absolute atomic E-state index is 12.3. The molecule has 106 valence electrons. The number of carbonyl (C=O) groups is 1. The smallest absolute Gasteiger partial charge is 0.452 e. The van der Waals surface area contributed by atoms with Crippen LogP contribution in [-0.2, 0) is 6.18 Å². The number of carboxylic acids is 1. The Morgan fingerprint density at radius 1 is 1.40 bits per heavy atom. The average Bonchev–Trinajstić information content (AvgIpc) is 2.79. The molecular formula is C10H5ClF3N3O2S. The summed E-state index contributed by atoms with van der Waals surface area (Å²) < 4.78 is 40.1. The van der Waals surface area contributed by atoms with E-state index >= 15 is 0 Å². The zero-order valence-corrected chi connectivity index (χ0v) is 11.0. The van der Waals surface area contributed by atoms with Crippen molar-refractivity contribution in [2.24, 2.45) is 0 Å². The van der Waals surface area contributed by atoms with Crippen molar-refractivity contribution in [2.45, 2.75) is 6.18 Å². The van der Waals surface area contributed by atoms with Gasteiger partial charge in [0.15, 0.2) is 0 Å². The minimum absolute atomic E-state index is 0.0243. The third-order valence-electron chi connectivity index (χ3n) is 2.13. The summed E-state index contributed by atoms with van der Waals surface area (Å²) in [6.07, 6.45) is -4.62. The van der Waals surface area contributed by atoms with E-state index in [0.717, 1.165) is 0 Å². The van der Waals surface area contributed by atoms with Crippen LogP contribution in [0, 0.1) is 0 Å². The van der Waals surface area contributed by atoms with Crippen molar-refractivity contribution in [3.8, 4) is 0 Å². The Hall–Kier alpha value is -1.87. The highest BCUT2D eigenvalue weighted by Crippen LogP contribution is 2.30. The molecule has 2 aromatic rings. The average molecular weight is 324 g/mol.